The van der Waals surface area contributed by atoms with E-state index in [-0.39, 0.29) is 17.2 Å². The number of rotatable bonds is 7. The topological polar surface area (TPSA) is 111 Å². The number of hydrogen-bond donors (Lipinski definition) is 2. The van der Waals surface area contributed by atoms with Crippen LogP contribution >= 0.6 is 11.8 Å². The molecule has 0 bridgehead atoms. The van der Waals surface area contributed by atoms with Gasteiger partial charge < -0.3 is 19.9 Å². The number of aromatic nitrogens is 2. The van der Waals surface area contributed by atoms with Crippen molar-refractivity contribution in [3.63, 3.8) is 0 Å². The van der Waals surface area contributed by atoms with E-state index in [2.05, 4.69) is 15.5 Å². The van der Waals surface area contributed by atoms with E-state index in [4.69, 9.17) is 14.6 Å². The van der Waals surface area contributed by atoms with E-state index in [0.29, 0.717) is 27.6 Å². The molecule has 2 aromatic carbocycles. The third-order valence-electron chi connectivity index (χ3n) is 3.87. The van der Waals surface area contributed by atoms with Crippen molar-refractivity contribution >= 4 is 40.1 Å². The number of anilines is 1. The van der Waals surface area contributed by atoms with Crippen LogP contribution in [0.25, 0.3) is 10.8 Å². The van der Waals surface area contributed by atoms with Crippen molar-refractivity contribution in [3.05, 3.63) is 48.2 Å². The third kappa shape index (κ3) is 4.15. The normalized spacial score (nSPS) is 10.5. The van der Waals surface area contributed by atoms with Gasteiger partial charge in [0.25, 0.3) is 0 Å². The lowest BCUT2D eigenvalue weighted by Gasteiger charge is -2.12. The smallest absolute Gasteiger partial charge is 0.335 e. The summed E-state index contributed by atoms with van der Waals surface area (Å²) in [7, 11) is 3.08. The number of carboxylic acid groups (broad SMARTS) is 1. The molecular weight excluding hydrogens is 382 g/mol. The van der Waals surface area contributed by atoms with E-state index in [0.717, 1.165) is 5.39 Å². The zero-order chi connectivity index (χ0) is 20.1. The lowest BCUT2D eigenvalue weighted by molar-refractivity contribution is -0.113. The Kier molecular flexibility index (Phi) is 5.95. The number of methoxy groups -OCH3 is 2. The Bertz CT molecular complexity index is 1040. The Labute approximate surface area is 164 Å². The van der Waals surface area contributed by atoms with Crippen LogP contribution in [0.3, 0.4) is 0 Å². The first kappa shape index (κ1) is 19.4. The number of nitrogens with one attached hydrogen (secondary N) is 1. The van der Waals surface area contributed by atoms with E-state index in [1.807, 2.05) is 6.07 Å². The lowest BCUT2D eigenvalue weighted by Crippen LogP contribution is -2.14. The molecule has 1 heterocycles. The predicted octanol–water partition coefficient (Wildman–Crippen LogP) is 3.08. The molecule has 3 rings (SSSR count). The molecule has 0 aliphatic rings. The zero-order valence-corrected chi connectivity index (χ0v) is 15.9. The minimum absolute atomic E-state index is 0.0610. The van der Waals surface area contributed by atoms with E-state index < -0.39 is 5.97 Å². The minimum Gasteiger partial charge on any atom is -0.493 e. The monoisotopic (exact) mass is 399 g/mol. The number of fused-ring (bicyclic) bond motifs is 1. The van der Waals surface area contributed by atoms with Crippen LogP contribution in [0.5, 0.6) is 11.5 Å². The van der Waals surface area contributed by atoms with Crippen molar-refractivity contribution in [1.82, 2.24) is 10.2 Å². The SMILES string of the molecule is COc1ccc2cnnc(SCC(=O)Nc3cccc(C(=O)O)c3)c2c1OC. The van der Waals surface area contributed by atoms with Gasteiger partial charge in [-0.05, 0) is 30.3 Å². The Morgan fingerprint density at radius 2 is 2.00 bits per heavy atom. The van der Waals surface area contributed by atoms with E-state index in [9.17, 15) is 9.59 Å². The maximum Gasteiger partial charge on any atom is 0.335 e. The van der Waals surface area contributed by atoms with Crippen molar-refractivity contribution in [2.45, 2.75) is 5.03 Å². The van der Waals surface area contributed by atoms with Crippen molar-refractivity contribution in [1.29, 1.82) is 0 Å². The first-order valence-corrected chi connectivity index (χ1v) is 9.14. The van der Waals surface area contributed by atoms with E-state index >= 15 is 0 Å². The molecule has 0 aliphatic carbocycles. The number of carbonyl (C=O) groups excluding carboxylic acids is 1. The quantitative estimate of drug-likeness (QED) is 0.583. The third-order valence-corrected chi connectivity index (χ3v) is 4.84. The van der Waals surface area contributed by atoms with Crippen LogP contribution in [0.1, 0.15) is 10.4 Å². The van der Waals surface area contributed by atoms with Gasteiger partial charge in [-0.25, -0.2) is 4.79 Å². The average molecular weight is 399 g/mol. The van der Waals surface area contributed by atoms with Crippen LogP contribution in [0.2, 0.25) is 0 Å². The summed E-state index contributed by atoms with van der Waals surface area (Å²) in [6, 6.07) is 9.67. The first-order valence-electron chi connectivity index (χ1n) is 8.16. The summed E-state index contributed by atoms with van der Waals surface area (Å²) in [4.78, 5) is 23.3. The molecule has 2 N–H and O–H groups in total. The fourth-order valence-corrected chi connectivity index (χ4v) is 3.43. The molecular formula is C19H17N3O5S. The van der Waals surface area contributed by atoms with E-state index in [1.165, 1.54) is 31.0 Å². The van der Waals surface area contributed by atoms with Crippen molar-refractivity contribution in [2.75, 3.05) is 25.3 Å². The van der Waals surface area contributed by atoms with Crippen LogP contribution in [0, 0.1) is 0 Å². The van der Waals surface area contributed by atoms with Crippen molar-refractivity contribution in [2.24, 2.45) is 0 Å². The summed E-state index contributed by atoms with van der Waals surface area (Å²) in [6.07, 6.45) is 1.61. The highest BCUT2D eigenvalue weighted by Crippen LogP contribution is 2.39. The highest BCUT2D eigenvalue weighted by Gasteiger charge is 2.16. The van der Waals surface area contributed by atoms with Crippen LogP contribution < -0.4 is 14.8 Å². The molecule has 0 saturated carbocycles. The second kappa shape index (κ2) is 8.57. The molecule has 0 spiro atoms. The van der Waals surface area contributed by atoms with Gasteiger partial charge in [0.1, 0.15) is 5.03 Å². The van der Waals surface area contributed by atoms with Crippen LogP contribution in [0.15, 0.2) is 47.6 Å². The maximum atomic E-state index is 12.3. The Balaban J connectivity index is 1.79. The predicted molar refractivity (Wildman–Crippen MR) is 105 cm³/mol. The molecule has 0 atom stereocenters. The molecule has 0 aliphatic heterocycles. The number of hydrogen-bond acceptors (Lipinski definition) is 7. The van der Waals surface area contributed by atoms with Gasteiger partial charge in [0.15, 0.2) is 11.5 Å². The van der Waals surface area contributed by atoms with Gasteiger partial charge >= 0.3 is 5.97 Å². The van der Waals surface area contributed by atoms with Crippen molar-refractivity contribution < 1.29 is 24.2 Å². The number of ether oxygens (including phenoxy) is 2. The molecule has 28 heavy (non-hydrogen) atoms. The summed E-state index contributed by atoms with van der Waals surface area (Å²) in [5, 5.41) is 21.9. The lowest BCUT2D eigenvalue weighted by atomic mass is 10.2. The second-order valence-corrected chi connectivity index (χ2v) is 6.60. The summed E-state index contributed by atoms with van der Waals surface area (Å²) < 4.78 is 10.8. The van der Waals surface area contributed by atoms with Crippen LogP contribution in [-0.2, 0) is 4.79 Å². The number of aromatic carboxylic acids is 1. The highest BCUT2D eigenvalue weighted by molar-refractivity contribution is 8.00. The molecule has 0 fully saturated rings. The summed E-state index contributed by atoms with van der Waals surface area (Å²) >= 11 is 1.20. The number of carboxylic acids is 1. The van der Waals surface area contributed by atoms with Gasteiger partial charge in [-0.1, -0.05) is 17.8 Å². The number of benzene rings is 2. The van der Waals surface area contributed by atoms with Gasteiger partial charge in [0.2, 0.25) is 5.91 Å². The van der Waals surface area contributed by atoms with Gasteiger partial charge in [-0.2, -0.15) is 5.10 Å². The molecule has 0 radical (unpaired) electrons. The Hall–Kier alpha value is -3.33. The Morgan fingerprint density at radius 1 is 1.18 bits per heavy atom. The van der Waals surface area contributed by atoms with Gasteiger partial charge in [-0.15, -0.1) is 5.10 Å². The molecule has 1 amide bonds. The average Bonchev–Trinajstić information content (AvgIpc) is 2.71. The molecule has 9 heteroatoms. The van der Waals surface area contributed by atoms with Crippen LogP contribution in [0.4, 0.5) is 5.69 Å². The van der Waals surface area contributed by atoms with Gasteiger partial charge in [0.05, 0.1) is 37.1 Å². The molecule has 1 aromatic heterocycles. The number of carbonyl (C=O) groups is 2. The molecule has 3 aromatic rings. The molecule has 144 valence electrons. The largest absolute Gasteiger partial charge is 0.493 e. The molecule has 8 nitrogen and oxygen atoms in total. The van der Waals surface area contributed by atoms with Crippen LogP contribution in [-0.4, -0.2) is 47.2 Å². The fraction of sp³-hybridized carbons (Fsp3) is 0.158. The minimum atomic E-state index is -1.06. The number of nitrogens with zero attached hydrogens (tertiary/aromatic N) is 2. The zero-order valence-electron chi connectivity index (χ0n) is 15.1. The number of thioether (sulfide) groups is 1. The maximum absolute atomic E-state index is 12.3. The second-order valence-electron chi connectivity index (χ2n) is 5.64. The summed E-state index contributed by atoms with van der Waals surface area (Å²) in [5.41, 5.74) is 0.510. The Morgan fingerprint density at radius 3 is 2.71 bits per heavy atom. The number of amides is 1. The fourth-order valence-electron chi connectivity index (χ4n) is 2.63. The van der Waals surface area contributed by atoms with Gasteiger partial charge in [0, 0.05) is 11.1 Å². The van der Waals surface area contributed by atoms with E-state index in [1.54, 1.807) is 31.5 Å². The highest BCUT2D eigenvalue weighted by atomic mass is 32.2. The summed E-state index contributed by atoms with van der Waals surface area (Å²) in [6.45, 7) is 0. The standard InChI is InChI=1S/C19H17N3O5S/c1-26-14-7-6-12-9-20-22-18(16(12)17(14)27-2)28-10-15(23)21-13-5-3-4-11(8-13)19(24)25/h3-9H,10H2,1-2H3,(H,21,23)(H,24,25). The first-order chi connectivity index (χ1) is 13.5. The molecule has 0 saturated heterocycles. The summed E-state index contributed by atoms with van der Waals surface area (Å²) in [5.74, 6) is -0.219. The molecule has 0 unspecified atom stereocenters. The van der Waals surface area contributed by atoms with Crippen molar-refractivity contribution in [3.8, 4) is 11.5 Å². The van der Waals surface area contributed by atoms with Gasteiger partial charge in [-0.3, -0.25) is 4.79 Å².